The van der Waals surface area contributed by atoms with Crippen molar-refractivity contribution >= 4 is 5.97 Å². The molecule has 0 aromatic carbocycles. The molecule has 4 N–H and O–H groups in total. The molecule has 0 aromatic rings. The molecular weight excluding hydrogens is 548 g/mol. The van der Waals surface area contributed by atoms with Crippen molar-refractivity contribution in [3.63, 3.8) is 0 Å². The fourth-order valence-corrected chi connectivity index (χ4v) is 3.91. The van der Waals surface area contributed by atoms with Crippen LogP contribution in [0, 0.1) is 0 Å². The minimum Gasteiger partial charge on any atom is -0.478 e. The van der Waals surface area contributed by atoms with Crippen molar-refractivity contribution < 1.29 is 46.9 Å². The van der Waals surface area contributed by atoms with Crippen molar-refractivity contribution in [3.8, 4) is 0 Å². The molecule has 0 atom stereocenters. The van der Waals surface area contributed by atoms with E-state index in [1.165, 1.54) is 148 Å². The van der Waals surface area contributed by atoms with Crippen LogP contribution in [0.15, 0.2) is 12.2 Å². The Kier molecular flexibility index (Phi) is 60.9. The minimum absolute atomic E-state index is 0. The molecule has 0 saturated heterocycles. The number of rotatable bonds is 25. The molecule has 0 amide bonds. The molecule has 0 unspecified atom stereocenters. The molecule has 0 rings (SSSR count). The molecule has 6 heteroatoms. The third-order valence-electron chi connectivity index (χ3n) is 6.39. The van der Waals surface area contributed by atoms with E-state index in [1.54, 1.807) is 13.8 Å². The van der Waals surface area contributed by atoms with Crippen molar-refractivity contribution in [2.24, 2.45) is 0 Å². The summed E-state index contributed by atoms with van der Waals surface area (Å²) in [6, 6.07) is 0. The Balaban J connectivity index is -0.000000156. The Morgan fingerprint density at radius 2 is 0.683 bits per heavy atom. The second kappa shape index (κ2) is 49.5. The summed E-state index contributed by atoms with van der Waals surface area (Å²) in [5.74, 6) is -0.935. The van der Waals surface area contributed by atoms with Gasteiger partial charge in [-0.2, -0.15) is 0 Å². The second-order valence-corrected chi connectivity index (χ2v) is 11.4. The average molecular weight is 623 g/mol. The van der Waals surface area contributed by atoms with Crippen LogP contribution in [0.3, 0.4) is 0 Å². The summed E-state index contributed by atoms with van der Waals surface area (Å²) in [6.07, 6.45) is 32.3. The first-order valence-corrected chi connectivity index (χ1v) is 17.0. The maximum Gasteiger partial charge on any atom is 0.330 e. The molecule has 0 spiro atoms. The van der Waals surface area contributed by atoms with E-state index < -0.39 is 5.97 Å². The largest absolute Gasteiger partial charge is 0.478 e. The second-order valence-electron chi connectivity index (χ2n) is 11.4. The quantitative estimate of drug-likeness (QED) is 0.0461. The van der Waals surface area contributed by atoms with E-state index >= 15 is 0 Å². The molecule has 0 aliphatic heterocycles. The number of carbonyl (C=O) groups is 1. The first kappa shape index (κ1) is 50.4. The van der Waals surface area contributed by atoms with E-state index in [0.717, 1.165) is 12.8 Å². The summed E-state index contributed by atoms with van der Waals surface area (Å²) in [4.78, 5) is 9.60. The zero-order valence-corrected chi connectivity index (χ0v) is 29.9. The fraction of sp³-hybridized carbons (Fsp3) is 0.914. The topological polar surface area (TPSA) is 98.0 Å². The van der Waals surface area contributed by atoms with E-state index in [2.05, 4.69) is 20.4 Å². The van der Waals surface area contributed by atoms with E-state index in [0.29, 0.717) is 13.2 Å². The number of aliphatic hydroxyl groups is 3. The van der Waals surface area contributed by atoms with Crippen molar-refractivity contribution in [2.45, 2.75) is 195 Å². The third-order valence-corrected chi connectivity index (χ3v) is 6.39. The normalized spacial score (nSPS) is 9.88. The first-order chi connectivity index (χ1) is 19.2. The smallest absolute Gasteiger partial charge is 0.330 e. The van der Waals surface area contributed by atoms with Crippen molar-refractivity contribution in [2.75, 3.05) is 13.2 Å². The van der Waals surface area contributed by atoms with Gasteiger partial charge in [0.1, 0.15) is 0 Å². The molecule has 0 aliphatic carbocycles. The predicted molar refractivity (Wildman–Crippen MR) is 176 cm³/mol. The van der Waals surface area contributed by atoms with Gasteiger partial charge >= 0.3 is 5.97 Å². The van der Waals surface area contributed by atoms with Gasteiger partial charge in [0.2, 0.25) is 0 Å². The van der Waals surface area contributed by atoms with Gasteiger partial charge in [0.15, 0.2) is 0 Å². The van der Waals surface area contributed by atoms with Gasteiger partial charge in [-0.3, -0.25) is 0 Å². The Labute approximate surface area is 272 Å². The van der Waals surface area contributed by atoms with E-state index in [1.807, 2.05) is 0 Å². The van der Waals surface area contributed by atoms with E-state index in [4.69, 9.17) is 20.4 Å². The maximum absolute atomic E-state index is 9.60. The van der Waals surface area contributed by atoms with Gasteiger partial charge in [-0.25, -0.2) is 4.79 Å². The van der Waals surface area contributed by atoms with Crippen molar-refractivity contribution in [1.82, 2.24) is 0 Å². The monoisotopic (exact) mass is 623 g/mol. The molecule has 0 fully saturated rings. The molecular formula is C35H74O5Ti. The average Bonchev–Trinajstić information content (AvgIpc) is 2.91. The molecule has 248 valence electrons. The number of unbranched alkanes of at least 4 members (excludes halogenated alkanes) is 22. The Morgan fingerprint density at radius 1 is 0.537 bits per heavy atom. The van der Waals surface area contributed by atoms with Crippen LogP contribution in [0.1, 0.15) is 189 Å². The minimum atomic E-state index is -0.935. The predicted octanol–water partition coefficient (Wildman–Crippen LogP) is 10.4. The number of aliphatic hydroxyl groups excluding tert-OH is 3. The zero-order chi connectivity index (χ0) is 31.1. The summed E-state index contributed by atoms with van der Waals surface area (Å²) in [5, 5.41) is 33.2. The maximum atomic E-state index is 9.60. The fourth-order valence-electron chi connectivity index (χ4n) is 3.91. The number of carboxylic acids is 1. The standard InChI is InChI=1S/2C14H30O.C4H6O2.C3H8O.Ti/c2*1-2-3-4-5-6-7-8-9-10-11-12-13-14-15;1-3(2)4(5)6;1-3(2)4;/h2*15H,2-14H2,1H3;1H2,2H3,(H,5,6);3-4H,1-2H3;. The Hall–Kier alpha value is -0.196. The molecule has 5 nitrogen and oxygen atoms in total. The summed E-state index contributed by atoms with van der Waals surface area (Å²) >= 11 is 0. The van der Waals surface area contributed by atoms with Gasteiger partial charge in [0.05, 0.1) is 0 Å². The SMILES string of the molecule is C=C(C)C(=O)O.CC(C)O.CCCCCCCCCCCCCCO.CCCCCCCCCCCCCCO.[Ti]. The first-order valence-electron chi connectivity index (χ1n) is 17.0. The number of aliphatic carboxylic acids is 1. The summed E-state index contributed by atoms with van der Waals surface area (Å²) in [5.41, 5.74) is 0.176. The van der Waals surface area contributed by atoms with Gasteiger partial charge in [0.25, 0.3) is 0 Å². The van der Waals surface area contributed by atoms with Crippen LogP contribution in [0.25, 0.3) is 0 Å². The zero-order valence-electron chi connectivity index (χ0n) is 28.4. The van der Waals surface area contributed by atoms with E-state index in [9.17, 15) is 4.79 Å². The van der Waals surface area contributed by atoms with Crippen LogP contribution in [-0.2, 0) is 26.5 Å². The summed E-state index contributed by atoms with van der Waals surface area (Å²) < 4.78 is 0. The van der Waals surface area contributed by atoms with Crippen LogP contribution < -0.4 is 0 Å². The van der Waals surface area contributed by atoms with Gasteiger partial charge in [0, 0.05) is 46.6 Å². The van der Waals surface area contributed by atoms with Crippen LogP contribution >= 0.6 is 0 Å². The number of hydrogen-bond donors (Lipinski definition) is 4. The van der Waals surface area contributed by atoms with Gasteiger partial charge in [-0.1, -0.05) is 162 Å². The summed E-state index contributed by atoms with van der Waals surface area (Å²) in [6.45, 7) is 13.3. The van der Waals surface area contributed by atoms with Gasteiger partial charge < -0.3 is 20.4 Å². The summed E-state index contributed by atoms with van der Waals surface area (Å²) in [7, 11) is 0. The molecule has 0 aliphatic rings. The number of carboxylic acid groups (broad SMARTS) is 1. The number of hydrogen-bond acceptors (Lipinski definition) is 4. The van der Waals surface area contributed by atoms with Crippen LogP contribution in [-0.4, -0.2) is 45.7 Å². The third kappa shape index (κ3) is 73.6. The molecule has 0 saturated carbocycles. The Morgan fingerprint density at radius 3 is 0.805 bits per heavy atom. The van der Waals surface area contributed by atoms with Crippen LogP contribution in [0.2, 0.25) is 0 Å². The van der Waals surface area contributed by atoms with Crippen LogP contribution in [0.4, 0.5) is 0 Å². The molecule has 0 bridgehead atoms. The van der Waals surface area contributed by atoms with Gasteiger partial charge in [-0.15, -0.1) is 0 Å². The van der Waals surface area contributed by atoms with E-state index in [-0.39, 0.29) is 33.4 Å². The molecule has 0 heterocycles. The molecule has 0 radical (unpaired) electrons. The van der Waals surface area contributed by atoms with Crippen molar-refractivity contribution in [3.05, 3.63) is 12.2 Å². The molecule has 41 heavy (non-hydrogen) atoms. The molecule has 0 aromatic heterocycles. The van der Waals surface area contributed by atoms with Gasteiger partial charge in [-0.05, 0) is 33.6 Å². The van der Waals surface area contributed by atoms with Crippen LogP contribution in [0.5, 0.6) is 0 Å². The Bertz CT molecular complexity index is 393. The van der Waals surface area contributed by atoms with Crippen molar-refractivity contribution in [1.29, 1.82) is 0 Å².